The molecule has 0 bridgehead atoms. The summed E-state index contributed by atoms with van der Waals surface area (Å²) in [6.45, 7) is 11.0. The van der Waals surface area contributed by atoms with Crippen molar-refractivity contribution in [2.24, 2.45) is 5.73 Å². The van der Waals surface area contributed by atoms with Crippen molar-refractivity contribution < 1.29 is 76.0 Å². The zero-order chi connectivity index (χ0) is 38.3. The fraction of sp³-hybridized carbons (Fsp3) is 0.824. The van der Waals surface area contributed by atoms with Crippen molar-refractivity contribution in [3.05, 3.63) is 12.2 Å². The van der Waals surface area contributed by atoms with Gasteiger partial charge in [0.1, 0.15) is 0 Å². The number of rotatable bonds is 42. The van der Waals surface area contributed by atoms with Gasteiger partial charge in [0.2, 0.25) is 11.8 Å². The third kappa shape index (κ3) is 33.6. The number of imide groups is 1. The molecule has 19 heteroatoms. The minimum atomic E-state index is -0.400. The maximum Gasteiger partial charge on any atom is 0.253 e. The first kappa shape index (κ1) is 48.4. The van der Waals surface area contributed by atoms with Crippen LogP contribution in [0.4, 0.5) is 0 Å². The highest BCUT2D eigenvalue weighted by molar-refractivity contribution is 6.13. The molecule has 0 saturated heterocycles. The van der Waals surface area contributed by atoms with Crippen LogP contribution in [0.5, 0.6) is 0 Å². The highest BCUT2D eigenvalue weighted by atomic mass is 16.6. The van der Waals surface area contributed by atoms with E-state index in [2.05, 4.69) is 5.32 Å². The summed E-state index contributed by atoms with van der Waals surface area (Å²) in [7, 11) is 0. The molecule has 0 spiro atoms. The van der Waals surface area contributed by atoms with Crippen molar-refractivity contribution >= 4 is 23.6 Å². The van der Waals surface area contributed by atoms with E-state index in [4.69, 9.17) is 62.6 Å². The standard InChI is InChI=1S/C34H61N3O16/c35-31(38)4-7-42-9-11-44-13-15-46-17-19-48-21-23-50-25-27-52-29-30-53-28-26-51-24-22-49-20-18-47-16-14-45-12-10-43-8-5-36-32(39)3-6-37-33(40)1-2-34(37)41/h1-2H,3-30H2,(H2,35,38)(H,36,39). The summed E-state index contributed by atoms with van der Waals surface area (Å²) in [5.74, 6) is -1.44. The second-order valence-corrected chi connectivity index (χ2v) is 10.8. The van der Waals surface area contributed by atoms with Crippen LogP contribution in [0.2, 0.25) is 0 Å². The molecule has 0 aromatic rings. The lowest BCUT2D eigenvalue weighted by atomic mass is 10.3. The molecular weight excluding hydrogens is 706 g/mol. The van der Waals surface area contributed by atoms with Gasteiger partial charge in [-0.3, -0.25) is 24.1 Å². The lowest BCUT2D eigenvalue weighted by Gasteiger charge is -2.13. The Labute approximate surface area is 312 Å². The van der Waals surface area contributed by atoms with E-state index >= 15 is 0 Å². The fourth-order valence-electron chi connectivity index (χ4n) is 3.91. The molecule has 3 N–H and O–H groups in total. The summed E-state index contributed by atoms with van der Waals surface area (Å²) >= 11 is 0. The predicted octanol–water partition coefficient (Wildman–Crippen LogP) is -1.51. The summed E-state index contributed by atoms with van der Waals surface area (Å²) in [6, 6.07) is 0. The molecule has 1 aliphatic rings. The normalized spacial score (nSPS) is 12.7. The average molecular weight is 768 g/mol. The molecule has 53 heavy (non-hydrogen) atoms. The zero-order valence-corrected chi connectivity index (χ0v) is 31.0. The van der Waals surface area contributed by atoms with E-state index in [1.54, 1.807) is 0 Å². The van der Waals surface area contributed by atoms with Crippen molar-refractivity contribution in [1.82, 2.24) is 10.2 Å². The van der Waals surface area contributed by atoms with Crippen molar-refractivity contribution in [1.29, 1.82) is 0 Å². The molecule has 19 nitrogen and oxygen atoms in total. The Kier molecular flexibility index (Phi) is 34.4. The first-order chi connectivity index (χ1) is 26.0. The molecule has 0 radical (unpaired) electrons. The molecule has 0 saturated carbocycles. The minimum Gasteiger partial charge on any atom is -0.379 e. The van der Waals surface area contributed by atoms with E-state index in [9.17, 15) is 19.2 Å². The zero-order valence-electron chi connectivity index (χ0n) is 31.0. The lowest BCUT2D eigenvalue weighted by Crippen LogP contribution is -2.35. The molecule has 0 aromatic carbocycles. The lowest BCUT2D eigenvalue weighted by molar-refractivity contribution is -0.137. The molecule has 1 rings (SSSR count). The maximum atomic E-state index is 11.8. The van der Waals surface area contributed by atoms with Gasteiger partial charge in [0.15, 0.2) is 0 Å². The second-order valence-electron chi connectivity index (χ2n) is 10.8. The van der Waals surface area contributed by atoms with Gasteiger partial charge in [-0.1, -0.05) is 0 Å². The van der Waals surface area contributed by atoms with Gasteiger partial charge < -0.3 is 67.9 Å². The average Bonchev–Trinajstić information content (AvgIpc) is 3.47. The van der Waals surface area contributed by atoms with E-state index in [-0.39, 0.29) is 31.2 Å². The monoisotopic (exact) mass is 767 g/mol. The Morgan fingerprint density at radius 1 is 0.434 bits per heavy atom. The van der Waals surface area contributed by atoms with Crippen molar-refractivity contribution in [3.63, 3.8) is 0 Å². The van der Waals surface area contributed by atoms with Crippen LogP contribution in [-0.2, 0) is 76.0 Å². The number of nitrogens with zero attached hydrogens (tertiary/aromatic N) is 1. The Morgan fingerprint density at radius 2 is 0.698 bits per heavy atom. The van der Waals surface area contributed by atoms with Crippen LogP contribution in [0.1, 0.15) is 12.8 Å². The number of hydrogen-bond acceptors (Lipinski definition) is 16. The van der Waals surface area contributed by atoms with Crippen LogP contribution < -0.4 is 11.1 Å². The summed E-state index contributed by atoms with van der Waals surface area (Å²) in [5, 5.41) is 2.68. The predicted molar refractivity (Wildman–Crippen MR) is 187 cm³/mol. The summed E-state index contributed by atoms with van der Waals surface area (Å²) < 4.78 is 65.0. The highest BCUT2D eigenvalue weighted by Crippen LogP contribution is 2.04. The molecule has 0 atom stereocenters. The van der Waals surface area contributed by atoms with Gasteiger partial charge in [-0.05, 0) is 0 Å². The first-order valence-corrected chi connectivity index (χ1v) is 18.0. The third-order valence-corrected chi connectivity index (χ3v) is 6.62. The molecule has 4 amide bonds. The summed E-state index contributed by atoms with van der Waals surface area (Å²) in [6.07, 6.45) is 2.64. The molecule has 1 heterocycles. The van der Waals surface area contributed by atoms with Crippen LogP contribution in [0.25, 0.3) is 0 Å². The summed E-state index contributed by atoms with van der Waals surface area (Å²) in [5.41, 5.74) is 5.02. The topological polar surface area (TPSA) is 220 Å². The molecule has 0 aliphatic carbocycles. The molecular formula is C34H61N3O16. The Balaban J connectivity index is 1.64. The number of carbonyl (C=O) groups is 4. The van der Waals surface area contributed by atoms with Gasteiger partial charge in [0.05, 0.1) is 159 Å². The Morgan fingerprint density at radius 3 is 0.981 bits per heavy atom. The Hall–Kier alpha value is -2.66. The van der Waals surface area contributed by atoms with Gasteiger partial charge in [0.25, 0.3) is 11.8 Å². The number of hydrogen-bond donors (Lipinski definition) is 2. The van der Waals surface area contributed by atoms with E-state index in [0.717, 1.165) is 4.90 Å². The van der Waals surface area contributed by atoms with Crippen LogP contribution in [-0.4, -0.2) is 200 Å². The van der Waals surface area contributed by atoms with Gasteiger partial charge >= 0.3 is 0 Å². The fourth-order valence-corrected chi connectivity index (χ4v) is 3.91. The highest BCUT2D eigenvalue weighted by Gasteiger charge is 2.23. The molecule has 1 aliphatic heterocycles. The quantitative estimate of drug-likeness (QED) is 0.0533. The smallest absolute Gasteiger partial charge is 0.253 e. The number of ether oxygens (including phenoxy) is 12. The molecule has 0 fully saturated rings. The van der Waals surface area contributed by atoms with E-state index in [1.165, 1.54) is 12.2 Å². The van der Waals surface area contributed by atoms with Crippen LogP contribution in [0, 0.1) is 0 Å². The van der Waals surface area contributed by atoms with Gasteiger partial charge in [-0.15, -0.1) is 0 Å². The third-order valence-electron chi connectivity index (χ3n) is 6.62. The van der Waals surface area contributed by atoms with Crippen LogP contribution >= 0.6 is 0 Å². The maximum absolute atomic E-state index is 11.8. The SMILES string of the molecule is NC(=O)CCOCCOCCOCCOCCOCCOCCOCCOCCOCCOCCOCCOCCNC(=O)CCN1C(=O)C=CC1=O. The first-order valence-electron chi connectivity index (χ1n) is 18.0. The van der Waals surface area contributed by atoms with Crippen LogP contribution in [0.3, 0.4) is 0 Å². The number of primary amides is 1. The number of carbonyl (C=O) groups excluding carboxylic acids is 4. The Bertz CT molecular complexity index is 928. The summed E-state index contributed by atoms with van der Waals surface area (Å²) in [4.78, 5) is 46.3. The molecule has 0 unspecified atom stereocenters. The second kappa shape index (κ2) is 37.6. The largest absolute Gasteiger partial charge is 0.379 e. The van der Waals surface area contributed by atoms with Crippen molar-refractivity contribution in [2.75, 3.05) is 172 Å². The number of nitrogens with two attached hydrogens (primary N) is 1. The van der Waals surface area contributed by atoms with Gasteiger partial charge in [0, 0.05) is 38.1 Å². The number of amides is 4. The molecule has 308 valence electrons. The van der Waals surface area contributed by atoms with E-state index < -0.39 is 11.8 Å². The van der Waals surface area contributed by atoms with Crippen molar-refractivity contribution in [3.8, 4) is 0 Å². The minimum absolute atomic E-state index is 0.0484. The molecule has 0 aromatic heterocycles. The van der Waals surface area contributed by atoms with E-state index in [0.29, 0.717) is 165 Å². The van der Waals surface area contributed by atoms with Gasteiger partial charge in [-0.25, -0.2) is 0 Å². The van der Waals surface area contributed by atoms with Gasteiger partial charge in [-0.2, -0.15) is 0 Å². The van der Waals surface area contributed by atoms with Crippen molar-refractivity contribution in [2.45, 2.75) is 12.8 Å². The number of nitrogens with one attached hydrogen (secondary N) is 1. The van der Waals surface area contributed by atoms with Crippen LogP contribution in [0.15, 0.2) is 12.2 Å². The van der Waals surface area contributed by atoms with E-state index in [1.807, 2.05) is 0 Å².